The van der Waals surface area contributed by atoms with Gasteiger partial charge in [-0.3, -0.25) is 9.13 Å². The molecule has 0 amide bonds. The zero-order valence-electron chi connectivity index (χ0n) is 16.8. The third-order valence-corrected chi connectivity index (χ3v) is 5.96. The summed E-state index contributed by atoms with van der Waals surface area (Å²) in [5.41, 5.74) is 1.26. The van der Waals surface area contributed by atoms with Gasteiger partial charge in [-0.15, -0.1) is 0 Å². The Hall–Kier alpha value is -1.89. The van der Waals surface area contributed by atoms with Crippen LogP contribution in [0.3, 0.4) is 0 Å². The average Bonchev–Trinajstić information content (AvgIpc) is 3.28. The lowest BCUT2D eigenvalue weighted by Crippen LogP contribution is -2.31. The van der Waals surface area contributed by atoms with E-state index in [0.717, 1.165) is 5.56 Å². The van der Waals surface area contributed by atoms with Gasteiger partial charge in [0.25, 0.3) is 0 Å². The van der Waals surface area contributed by atoms with Crippen molar-refractivity contribution in [1.29, 1.82) is 0 Å². The molecule has 0 aliphatic carbocycles. The van der Waals surface area contributed by atoms with Gasteiger partial charge >= 0.3 is 7.60 Å². The summed E-state index contributed by atoms with van der Waals surface area (Å²) in [5.74, 6) is 0.291. The summed E-state index contributed by atoms with van der Waals surface area (Å²) in [6, 6.07) is 7.23. The lowest BCUT2D eigenvalue weighted by Gasteiger charge is -2.16. The molecule has 11 nitrogen and oxygen atoms in total. The summed E-state index contributed by atoms with van der Waals surface area (Å²) >= 11 is 12.3. The number of imidazole rings is 1. The number of aliphatic hydroxyl groups excluding tert-OH is 1. The molecule has 1 aliphatic rings. The Balaban J connectivity index is 1.55. The van der Waals surface area contributed by atoms with Crippen LogP contribution in [0.5, 0.6) is 0 Å². The number of benzene rings is 1. The molecule has 3 heterocycles. The van der Waals surface area contributed by atoms with Crippen molar-refractivity contribution < 1.29 is 33.3 Å². The Bertz CT molecular complexity index is 1200. The van der Waals surface area contributed by atoms with Crippen molar-refractivity contribution in [3.8, 4) is 0 Å². The number of aliphatic hydroxyl groups is 1. The monoisotopic (exact) mass is 521 g/mol. The predicted molar refractivity (Wildman–Crippen MR) is 117 cm³/mol. The number of nitrogens with one attached hydrogen (secondary N) is 1. The fourth-order valence-electron chi connectivity index (χ4n) is 3.37. The van der Waals surface area contributed by atoms with E-state index < -0.39 is 45.2 Å². The van der Waals surface area contributed by atoms with Gasteiger partial charge in [-0.25, -0.2) is 9.37 Å². The van der Waals surface area contributed by atoms with Gasteiger partial charge in [-0.1, -0.05) is 29.8 Å². The lowest BCUT2D eigenvalue weighted by atomic mass is 10.1. The third kappa shape index (κ3) is 5.44. The van der Waals surface area contributed by atoms with E-state index in [4.69, 9.17) is 42.5 Å². The van der Waals surface area contributed by atoms with E-state index in [1.807, 2.05) is 12.1 Å². The number of hydrogen-bond acceptors (Lipinski definition) is 8. The minimum absolute atomic E-state index is 0.124. The van der Waals surface area contributed by atoms with Gasteiger partial charge in [0.15, 0.2) is 29.4 Å². The second-order valence-electron chi connectivity index (χ2n) is 7.27. The lowest BCUT2D eigenvalue weighted by molar-refractivity contribution is -0.0581. The molecular weight excluding hydrogens is 503 g/mol. The van der Waals surface area contributed by atoms with E-state index in [9.17, 15) is 14.1 Å². The van der Waals surface area contributed by atoms with Gasteiger partial charge in [-0.2, -0.15) is 9.97 Å². The van der Waals surface area contributed by atoms with Gasteiger partial charge in [0.2, 0.25) is 5.28 Å². The fraction of sp³-hybridized carbons (Fsp3) is 0.389. The van der Waals surface area contributed by atoms with E-state index >= 15 is 0 Å². The van der Waals surface area contributed by atoms with Crippen LogP contribution < -0.4 is 5.32 Å². The molecule has 1 aliphatic heterocycles. The number of nitrogens with zero attached hydrogens (tertiary/aromatic N) is 4. The first-order valence-corrected chi connectivity index (χ1v) is 12.2. The molecule has 2 aromatic heterocycles. The zero-order valence-corrected chi connectivity index (χ0v) is 19.2. The molecule has 1 fully saturated rings. The fourth-order valence-corrected chi connectivity index (χ4v) is 4.08. The summed E-state index contributed by atoms with van der Waals surface area (Å²) in [5, 5.41) is 13.7. The minimum atomic E-state index is -4.41. The number of alkyl halides is 1. The van der Waals surface area contributed by atoms with Gasteiger partial charge in [0.1, 0.15) is 18.6 Å². The molecule has 4 atom stereocenters. The average molecular weight is 522 g/mol. The van der Waals surface area contributed by atoms with E-state index in [2.05, 4.69) is 20.3 Å². The Morgan fingerprint density at radius 1 is 1.27 bits per heavy atom. The van der Waals surface area contributed by atoms with Crippen LogP contribution in [-0.4, -0.2) is 65.7 Å². The maximum absolute atomic E-state index is 14.9. The molecule has 0 saturated carbocycles. The molecule has 4 N–H and O–H groups in total. The number of halogens is 3. The quantitative estimate of drug-likeness (QED) is 0.257. The number of ether oxygens (including phenoxy) is 2. The highest BCUT2D eigenvalue weighted by Gasteiger charge is 2.46. The highest BCUT2D eigenvalue weighted by molar-refractivity contribution is 7.51. The van der Waals surface area contributed by atoms with Crippen LogP contribution in [0.1, 0.15) is 11.8 Å². The minimum Gasteiger partial charge on any atom is -0.387 e. The molecular formula is C18H19Cl2FN5O6P. The third-order valence-electron chi connectivity index (χ3n) is 4.91. The van der Waals surface area contributed by atoms with E-state index in [-0.39, 0.29) is 16.4 Å². The highest BCUT2D eigenvalue weighted by atomic mass is 35.5. The van der Waals surface area contributed by atoms with Gasteiger partial charge in [0, 0.05) is 11.6 Å². The van der Waals surface area contributed by atoms with Gasteiger partial charge in [-0.05, 0) is 23.2 Å². The van der Waals surface area contributed by atoms with Gasteiger partial charge < -0.3 is 29.7 Å². The number of hydrogen-bond donors (Lipinski definition) is 4. The van der Waals surface area contributed by atoms with Crippen LogP contribution >= 0.6 is 30.8 Å². The summed E-state index contributed by atoms with van der Waals surface area (Å²) < 4.78 is 37.5. The van der Waals surface area contributed by atoms with E-state index in [1.165, 1.54) is 10.9 Å². The van der Waals surface area contributed by atoms with Crippen molar-refractivity contribution in [3.05, 3.63) is 46.5 Å². The van der Waals surface area contributed by atoms with Crippen molar-refractivity contribution >= 4 is 47.8 Å². The Labute approximate surface area is 196 Å². The molecule has 178 valence electrons. The zero-order chi connectivity index (χ0) is 23.8. The summed E-state index contributed by atoms with van der Waals surface area (Å²) in [6.07, 6.45) is -5.57. The normalized spacial score (nSPS) is 23.3. The van der Waals surface area contributed by atoms with E-state index in [0.29, 0.717) is 17.4 Å². The summed E-state index contributed by atoms with van der Waals surface area (Å²) in [7, 11) is -4.41. The highest BCUT2D eigenvalue weighted by Crippen LogP contribution is 2.37. The second-order valence-corrected chi connectivity index (χ2v) is 9.61. The molecule has 0 radical (unpaired) electrons. The van der Waals surface area contributed by atoms with Crippen LogP contribution in [0.2, 0.25) is 10.3 Å². The topological polar surface area (TPSA) is 152 Å². The first kappa shape index (κ1) is 24.2. The van der Waals surface area contributed by atoms with Crippen LogP contribution in [0.25, 0.3) is 11.2 Å². The molecule has 3 aromatic rings. The largest absolute Gasteiger partial charge is 0.387 e. The first-order valence-electron chi connectivity index (χ1n) is 9.61. The SMILES string of the molecule is O=P(O)(O)COC[C@H]1O[C@@H](n2cnc3c(NCc4ccccc4Cl)nc(Cl)nc32)[C@@H](F)[C@@H]1O. The molecule has 1 aromatic carbocycles. The van der Waals surface area contributed by atoms with E-state index in [1.54, 1.807) is 12.1 Å². The van der Waals surface area contributed by atoms with Crippen molar-refractivity contribution in [2.24, 2.45) is 0 Å². The van der Waals surface area contributed by atoms with Crippen molar-refractivity contribution in [2.45, 2.75) is 31.2 Å². The first-order chi connectivity index (χ1) is 15.6. The number of fused-ring (bicyclic) bond motifs is 1. The van der Waals surface area contributed by atoms with Crippen LogP contribution in [0.15, 0.2) is 30.6 Å². The van der Waals surface area contributed by atoms with Crippen LogP contribution in [-0.2, 0) is 20.6 Å². The van der Waals surface area contributed by atoms with Crippen molar-refractivity contribution in [3.63, 3.8) is 0 Å². The molecule has 1 saturated heterocycles. The van der Waals surface area contributed by atoms with Crippen molar-refractivity contribution in [1.82, 2.24) is 19.5 Å². The van der Waals surface area contributed by atoms with Crippen molar-refractivity contribution in [2.75, 3.05) is 18.3 Å². The maximum atomic E-state index is 14.9. The number of anilines is 1. The van der Waals surface area contributed by atoms with Crippen LogP contribution in [0.4, 0.5) is 10.2 Å². The number of rotatable bonds is 8. The van der Waals surface area contributed by atoms with Gasteiger partial charge in [0.05, 0.1) is 12.9 Å². The molecule has 4 rings (SSSR count). The maximum Gasteiger partial charge on any atom is 0.350 e. The summed E-state index contributed by atoms with van der Waals surface area (Å²) in [4.78, 5) is 30.2. The summed E-state index contributed by atoms with van der Waals surface area (Å²) in [6.45, 7) is -0.103. The standard InChI is InChI=1S/C18H19Cl2FN5O6P/c19-10-4-2-1-3-9(10)5-22-15-13-16(25-18(20)24-15)26(7-23-13)17-12(21)14(27)11(32-17)6-31-8-33(28,29)30/h1-4,7,11-12,14,17,27H,5-6,8H2,(H,22,24,25)(H2,28,29,30)/t11-,12+,14-,17-/m1/s1. The Morgan fingerprint density at radius 3 is 2.76 bits per heavy atom. The Morgan fingerprint density at radius 2 is 2.03 bits per heavy atom. The molecule has 0 bridgehead atoms. The smallest absolute Gasteiger partial charge is 0.350 e. The molecule has 33 heavy (non-hydrogen) atoms. The van der Waals surface area contributed by atoms with Crippen LogP contribution in [0, 0.1) is 0 Å². The molecule has 0 unspecified atom stereocenters. The second kappa shape index (κ2) is 9.77. The molecule has 0 spiro atoms. The Kier molecular flexibility index (Phi) is 7.18. The predicted octanol–water partition coefficient (Wildman–Crippen LogP) is 2.49. The molecule has 15 heteroatoms. The number of aromatic nitrogens is 4.